The monoisotopic (exact) mass is 327 g/mol. The lowest BCUT2D eigenvalue weighted by Gasteiger charge is -2.26. The summed E-state index contributed by atoms with van der Waals surface area (Å²) in [5.41, 5.74) is 7.05. The molecule has 0 aliphatic carbocycles. The van der Waals surface area contributed by atoms with Gasteiger partial charge in [0.2, 0.25) is 0 Å². The van der Waals surface area contributed by atoms with E-state index in [0.29, 0.717) is 5.56 Å². The molecular weight excluding hydrogens is 310 g/mol. The number of oxime groups is 1. The number of amidine groups is 1. The van der Waals surface area contributed by atoms with Gasteiger partial charge in [-0.05, 0) is 44.5 Å². The number of aryl methyl sites for hydroxylation is 1. The molecule has 0 spiro atoms. The molecule has 0 atom stereocenters. The first kappa shape index (κ1) is 15.5. The maximum Gasteiger partial charge on any atom is 0.254 e. The average Bonchev–Trinajstić information content (AvgIpc) is 2.37. The maximum atomic E-state index is 12.4. The number of halogens is 1. The van der Waals surface area contributed by atoms with E-state index in [1.807, 2.05) is 32.9 Å². The van der Waals surface area contributed by atoms with Gasteiger partial charge in [0.25, 0.3) is 5.91 Å². The van der Waals surface area contributed by atoms with Crippen molar-refractivity contribution in [3.63, 3.8) is 0 Å². The largest absolute Gasteiger partial charge is 0.409 e. The van der Waals surface area contributed by atoms with E-state index in [-0.39, 0.29) is 24.3 Å². The van der Waals surface area contributed by atoms with Crippen molar-refractivity contribution in [3.8, 4) is 0 Å². The van der Waals surface area contributed by atoms with Gasteiger partial charge in [-0.1, -0.05) is 21.1 Å². The van der Waals surface area contributed by atoms with Crippen LogP contribution < -0.4 is 5.73 Å². The molecule has 0 heterocycles. The standard InChI is InChI=1S/C13H18BrN3O2/c1-8(2)17(7-12(15)16-19)13(18)10-4-5-11(14)9(3)6-10/h4-6,8,19H,7H2,1-3H3,(H2,15,16). The Morgan fingerprint density at radius 3 is 2.63 bits per heavy atom. The third kappa shape index (κ3) is 3.96. The second-order valence-corrected chi connectivity index (χ2v) is 5.44. The molecule has 0 radical (unpaired) electrons. The van der Waals surface area contributed by atoms with Crippen LogP contribution in [0.15, 0.2) is 27.8 Å². The SMILES string of the molecule is Cc1cc(C(=O)N(C/C(N)=N/O)C(C)C)ccc1Br. The Labute approximate surface area is 121 Å². The van der Waals surface area contributed by atoms with Gasteiger partial charge in [-0.15, -0.1) is 0 Å². The van der Waals surface area contributed by atoms with Gasteiger partial charge in [-0.3, -0.25) is 4.79 Å². The Morgan fingerprint density at radius 2 is 2.16 bits per heavy atom. The molecule has 0 fully saturated rings. The summed E-state index contributed by atoms with van der Waals surface area (Å²) in [7, 11) is 0. The molecule has 6 heteroatoms. The number of nitrogens with zero attached hydrogens (tertiary/aromatic N) is 2. The van der Waals surface area contributed by atoms with E-state index in [2.05, 4.69) is 21.1 Å². The predicted octanol–water partition coefficient (Wildman–Crippen LogP) is 2.35. The van der Waals surface area contributed by atoms with Crippen LogP contribution in [0.5, 0.6) is 0 Å². The summed E-state index contributed by atoms with van der Waals surface area (Å²) in [6, 6.07) is 5.36. The topological polar surface area (TPSA) is 78.9 Å². The van der Waals surface area contributed by atoms with Crippen LogP contribution in [0.25, 0.3) is 0 Å². The predicted molar refractivity (Wildman–Crippen MR) is 78.5 cm³/mol. The average molecular weight is 328 g/mol. The summed E-state index contributed by atoms with van der Waals surface area (Å²) in [6.07, 6.45) is 0. The number of carbonyl (C=O) groups excluding carboxylic acids is 1. The van der Waals surface area contributed by atoms with Gasteiger partial charge < -0.3 is 15.8 Å². The summed E-state index contributed by atoms with van der Waals surface area (Å²) in [6.45, 7) is 5.79. The molecule has 1 aromatic rings. The molecule has 0 bridgehead atoms. The molecular formula is C13H18BrN3O2. The summed E-state index contributed by atoms with van der Waals surface area (Å²) in [4.78, 5) is 14.0. The number of hydrogen-bond donors (Lipinski definition) is 2. The maximum absolute atomic E-state index is 12.4. The van der Waals surface area contributed by atoms with Crippen LogP contribution in [-0.4, -0.2) is 34.4 Å². The van der Waals surface area contributed by atoms with E-state index in [1.165, 1.54) is 0 Å². The lowest BCUT2D eigenvalue weighted by Crippen LogP contribution is -2.42. The molecule has 0 saturated carbocycles. The van der Waals surface area contributed by atoms with Crippen molar-refractivity contribution in [2.75, 3.05) is 6.54 Å². The first-order chi connectivity index (χ1) is 8.86. The van der Waals surface area contributed by atoms with Crippen molar-refractivity contribution in [2.24, 2.45) is 10.9 Å². The molecule has 5 nitrogen and oxygen atoms in total. The fourth-order valence-corrected chi connectivity index (χ4v) is 1.89. The summed E-state index contributed by atoms with van der Waals surface area (Å²) >= 11 is 3.40. The quantitative estimate of drug-likeness (QED) is 0.385. The molecule has 104 valence electrons. The molecule has 0 aromatic heterocycles. The first-order valence-corrected chi connectivity index (χ1v) is 6.69. The summed E-state index contributed by atoms with van der Waals surface area (Å²) in [5.74, 6) is -0.131. The highest BCUT2D eigenvalue weighted by atomic mass is 79.9. The fourth-order valence-electron chi connectivity index (χ4n) is 1.64. The molecule has 0 saturated heterocycles. The molecule has 3 N–H and O–H groups in total. The zero-order valence-electron chi connectivity index (χ0n) is 11.2. The van der Waals surface area contributed by atoms with E-state index in [4.69, 9.17) is 10.9 Å². The number of carbonyl (C=O) groups is 1. The van der Waals surface area contributed by atoms with E-state index in [9.17, 15) is 4.79 Å². The normalized spacial score (nSPS) is 11.7. The van der Waals surface area contributed by atoms with Crippen molar-refractivity contribution in [1.29, 1.82) is 0 Å². The molecule has 0 aliphatic rings. The highest BCUT2D eigenvalue weighted by Gasteiger charge is 2.20. The molecule has 19 heavy (non-hydrogen) atoms. The Balaban J connectivity index is 3.02. The minimum absolute atomic E-state index is 0.0101. The van der Waals surface area contributed by atoms with Gasteiger partial charge in [-0.25, -0.2) is 0 Å². The second kappa shape index (κ2) is 6.56. The summed E-state index contributed by atoms with van der Waals surface area (Å²) < 4.78 is 0.955. The Bertz CT molecular complexity index is 501. The Hall–Kier alpha value is -1.56. The van der Waals surface area contributed by atoms with Gasteiger partial charge in [0.1, 0.15) is 0 Å². The second-order valence-electron chi connectivity index (χ2n) is 4.58. The number of amides is 1. The smallest absolute Gasteiger partial charge is 0.254 e. The van der Waals surface area contributed by atoms with Crippen LogP contribution in [0.4, 0.5) is 0 Å². The van der Waals surface area contributed by atoms with Crippen LogP contribution >= 0.6 is 15.9 Å². The minimum Gasteiger partial charge on any atom is -0.409 e. The zero-order chi connectivity index (χ0) is 14.6. The molecule has 1 amide bonds. The van der Waals surface area contributed by atoms with Gasteiger partial charge in [0.05, 0.1) is 6.54 Å². The third-order valence-corrected chi connectivity index (χ3v) is 3.64. The van der Waals surface area contributed by atoms with Crippen LogP contribution in [-0.2, 0) is 0 Å². The summed E-state index contributed by atoms with van der Waals surface area (Å²) in [5, 5.41) is 11.5. The van der Waals surface area contributed by atoms with Gasteiger partial charge in [0, 0.05) is 16.1 Å². The van der Waals surface area contributed by atoms with E-state index in [1.54, 1.807) is 11.0 Å². The van der Waals surface area contributed by atoms with Crippen molar-refractivity contribution in [3.05, 3.63) is 33.8 Å². The van der Waals surface area contributed by atoms with Crippen LogP contribution in [0.2, 0.25) is 0 Å². The van der Waals surface area contributed by atoms with Crippen molar-refractivity contribution < 1.29 is 10.0 Å². The lowest BCUT2D eigenvalue weighted by atomic mass is 10.1. The number of benzene rings is 1. The van der Waals surface area contributed by atoms with Gasteiger partial charge >= 0.3 is 0 Å². The third-order valence-electron chi connectivity index (χ3n) is 2.75. The van der Waals surface area contributed by atoms with Crippen molar-refractivity contribution >= 4 is 27.7 Å². The van der Waals surface area contributed by atoms with Crippen LogP contribution in [0.3, 0.4) is 0 Å². The fraction of sp³-hybridized carbons (Fsp3) is 0.385. The van der Waals surface area contributed by atoms with E-state index in [0.717, 1.165) is 10.0 Å². The highest BCUT2D eigenvalue weighted by Crippen LogP contribution is 2.18. The van der Waals surface area contributed by atoms with Crippen LogP contribution in [0.1, 0.15) is 29.8 Å². The Morgan fingerprint density at radius 1 is 1.53 bits per heavy atom. The van der Waals surface area contributed by atoms with Gasteiger partial charge in [-0.2, -0.15) is 0 Å². The number of rotatable bonds is 4. The Kier molecular flexibility index (Phi) is 5.35. The van der Waals surface area contributed by atoms with Crippen LogP contribution in [0, 0.1) is 6.92 Å². The molecule has 0 aliphatic heterocycles. The molecule has 1 aromatic carbocycles. The number of nitrogens with two attached hydrogens (primary N) is 1. The van der Waals surface area contributed by atoms with Crippen molar-refractivity contribution in [1.82, 2.24) is 4.90 Å². The first-order valence-electron chi connectivity index (χ1n) is 5.90. The van der Waals surface area contributed by atoms with E-state index >= 15 is 0 Å². The lowest BCUT2D eigenvalue weighted by molar-refractivity contribution is 0.0734. The zero-order valence-corrected chi connectivity index (χ0v) is 12.8. The van der Waals surface area contributed by atoms with Crippen molar-refractivity contribution in [2.45, 2.75) is 26.8 Å². The van der Waals surface area contributed by atoms with E-state index < -0.39 is 0 Å². The minimum atomic E-state index is -0.141. The molecule has 1 rings (SSSR count). The molecule has 0 unspecified atom stereocenters. The number of hydrogen-bond acceptors (Lipinski definition) is 3. The highest BCUT2D eigenvalue weighted by molar-refractivity contribution is 9.10. The van der Waals surface area contributed by atoms with Gasteiger partial charge in [0.15, 0.2) is 5.84 Å².